The van der Waals surface area contributed by atoms with Crippen molar-refractivity contribution in [1.82, 2.24) is 19.5 Å². The number of hydrogen-bond acceptors (Lipinski definition) is 15. The highest BCUT2D eigenvalue weighted by molar-refractivity contribution is 7.60. The zero-order valence-corrected chi connectivity index (χ0v) is 24.7. The van der Waals surface area contributed by atoms with Gasteiger partial charge in [-0.25, -0.2) is 18.9 Å². The number of nitrogen functional groups attached to an aromatic ring is 1. The maximum absolute atomic E-state index is 13.0. The molecule has 0 amide bonds. The fraction of sp³-hybridized carbons (Fsp3) is 0.429. The molecule has 1 saturated heterocycles. The Bertz CT molecular complexity index is 1700. The van der Waals surface area contributed by atoms with Crippen LogP contribution in [0.5, 0.6) is 0 Å². The van der Waals surface area contributed by atoms with Crippen molar-refractivity contribution in [3.63, 3.8) is 0 Å². The molecule has 0 bridgehead atoms. The minimum absolute atomic E-state index is 0.0711. The van der Waals surface area contributed by atoms with Crippen LogP contribution in [0.1, 0.15) is 25.6 Å². The SMILES string of the molecule is COC1[C@@H](OC(=O)OC(C)(C)c2ccc([N+](=O)[O-])cc2)[C@@H](COP(=O)(O)OP(=O)(O)O)O[C@H]1n1cnc2c(=O)[nH]c(N)nc21. The van der Waals surface area contributed by atoms with Gasteiger partial charge in [-0.2, -0.15) is 9.29 Å². The molecule has 0 radical (unpaired) electrons. The lowest BCUT2D eigenvalue weighted by Gasteiger charge is -2.28. The Kier molecular flexibility index (Phi) is 9.27. The van der Waals surface area contributed by atoms with Crippen LogP contribution in [0.25, 0.3) is 11.2 Å². The number of aromatic nitrogens is 4. The molecule has 240 valence electrons. The van der Waals surface area contributed by atoms with Gasteiger partial charge in [0.1, 0.15) is 17.8 Å². The summed E-state index contributed by atoms with van der Waals surface area (Å²) < 4.78 is 55.2. The van der Waals surface area contributed by atoms with Crippen LogP contribution in [0, 0.1) is 10.1 Å². The summed E-state index contributed by atoms with van der Waals surface area (Å²) in [4.78, 5) is 73.5. The van der Waals surface area contributed by atoms with E-state index >= 15 is 0 Å². The highest BCUT2D eigenvalue weighted by atomic mass is 31.3. The quantitative estimate of drug-likeness (QED) is 0.0832. The molecule has 1 aliphatic heterocycles. The number of carbonyl (C=O) groups is 1. The Labute approximate surface area is 245 Å². The molecule has 3 heterocycles. The Balaban J connectivity index is 1.62. The van der Waals surface area contributed by atoms with Gasteiger partial charge in [-0.3, -0.25) is 29.0 Å². The van der Waals surface area contributed by atoms with Crippen LogP contribution in [0.4, 0.5) is 16.4 Å². The number of nitrogens with two attached hydrogens (primary N) is 1. The van der Waals surface area contributed by atoms with E-state index in [0.717, 1.165) is 6.33 Å². The summed E-state index contributed by atoms with van der Waals surface area (Å²) >= 11 is 0. The number of H-pyrrole nitrogens is 1. The van der Waals surface area contributed by atoms with Gasteiger partial charge in [-0.05, 0) is 31.5 Å². The van der Waals surface area contributed by atoms with E-state index in [0.29, 0.717) is 5.56 Å². The molecule has 0 aliphatic carbocycles. The summed E-state index contributed by atoms with van der Waals surface area (Å²) in [5.74, 6) is -0.267. The molecule has 6 N–H and O–H groups in total. The maximum Gasteiger partial charge on any atom is 0.509 e. The van der Waals surface area contributed by atoms with Gasteiger partial charge in [0, 0.05) is 19.2 Å². The highest BCUT2D eigenvalue weighted by Gasteiger charge is 2.51. The van der Waals surface area contributed by atoms with Crippen LogP contribution in [0.2, 0.25) is 0 Å². The lowest BCUT2D eigenvalue weighted by Crippen LogP contribution is -2.40. The molecule has 2 aromatic heterocycles. The van der Waals surface area contributed by atoms with Crippen molar-refractivity contribution < 1.29 is 61.3 Å². The number of nitrogens with zero attached hydrogens (tertiary/aromatic N) is 4. The maximum atomic E-state index is 13.0. The van der Waals surface area contributed by atoms with Crippen molar-refractivity contribution in [2.45, 2.75) is 44.0 Å². The molecule has 3 aromatic rings. The molecule has 0 spiro atoms. The van der Waals surface area contributed by atoms with E-state index in [2.05, 4.69) is 19.3 Å². The lowest BCUT2D eigenvalue weighted by atomic mass is 9.98. The molecule has 2 unspecified atom stereocenters. The van der Waals surface area contributed by atoms with E-state index in [-0.39, 0.29) is 22.8 Å². The number of nitro benzene ring substituents is 1. The van der Waals surface area contributed by atoms with Crippen molar-refractivity contribution in [3.8, 4) is 0 Å². The van der Waals surface area contributed by atoms with E-state index in [1.165, 1.54) is 49.8 Å². The predicted octanol–water partition coefficient (Wildman–Crippen LogP) is 1.21. The Morgan fingerprint density at radius 3 is 2.48 bits per heavy atom. The number of hydrogen-bond donors (Lipinski definition) is 5. The Morgan fingerprint density at radius 2 is 1.89 bits per heavy atom. The standard InChI is InChI=1S/C21H26N6O15P2/c1-21(2,10-4-6-11(7-5-10)27(30)31)41-20(29)40-14-12(8-38-44(35,36)42-43(32,33)34)39-18(15(14)37-3)26-9-23-13-16(26)24-19(22)25-17(13)28/h4-7,9,12,14-15,18H,8H2,1-3H3,(H,35,36)(H2,32,33,34)(H3,22,24,25,28)/t12-,14+,15?,18-/m1/s1. The number of aromatic amines is 1. The zero-order valence-electron chi connectivity index (χ0n) is 22.9. The number of rotatable bonds is 11. The van der Waals surface area contributed by atoms with E-state index in [9.17, 15) is 33.7 Å². The normalized spacial score (nSPS) is 22.0. The molecule has 4 rings (SSSR count). The molecular formula is C21H26N6O15P2. The molecule has 0 saturated carbocycles. The van der Waals surface area contributed by atoms with Crippen LogP contribution in [0.15, 0.2) is 35.4 Å². The van der Waals surface area contributed by atoms with Crippen molar-refractivity contribution in [1.29, 1.82) is 0 Å². The first kappa shape index (κ1) is 33.1. The van der Waals surface area contributed by atoms with E-state index in [4.69, 9.17) is 39.0 Å². The number of methoxy groups -OCH3 is 1. The minimum Gasteiger partial charge on any atom is -0.425 e. The van der Waals surface area contributed by atoms with Crippen LogP contribution in [-0.4, -0.2) is 77.3 Å². The second-order valence-electron chi connectivity index (χ2n) is 9.63. The average Bonchev–Trinajstić information content (AvgIpc) is 3.46. The van der Waals surface area contributed by atoms with Gasteiger partial charge in [0.2, 0.25) is 5.95 Å². The van der Waals surface area contributed by atoms with Crippen LogP contribution < -0.4 is 11.3 Å². The highest BCUT2D eigenvalue weighted by Crippen LogP contribution is 2.57. The fourth-order valence-electron chi connectivity index (χ4n) is 4.30. The number of benzene rings is 1. The molecule has 1 aromatic carbocycles. The number of phosphoric acid groups is 2. The number of fused-ring (bicyclic) bond motifs is 1. The number of carbonyl (C=O) groups excluding carboxylic acids is 1. The number of ether oxygens (including phenoxy) is 4. The van der Waals surface area contributed by atoms with Crippen molar-refractivity contribution in [2.75, 3.05) is 19.5 Å². The molecule has 1 fully saturated rings. The van der Waals surface area contributed by atoms with E-state index in [1.807, 2.05) is 0 Å². The Hall–Kier alpha value is -3.78. The number of non-ortho nitro benzene ring substituents is 1. The first-order valence-electron chi connectivity index (χ1n) is 12.2. The molecule has 5 atom stereocenters. The molecular weight excluding hydrogens is 638 g/mol. The lowest BCUT2D eigenvalue weighted by molar-refractivity contribution is -0.384. The largest absolute Gasteiger partial charge is 0.509 e. The van der Waals surface area contributed by atoms with Gasteiger partial charge in [-0.15, -0.1) is 0 Å². The van der Waals surface area contributed by atoms with Crippen molar-refractivity contribution >= 4 is 44.6 Å². The smallest absolute Gasteiger partial charge is 0.425 e. The van der Waals surface area contributed by atoms with Gasteiger partial charge in [0.05, 0.1) is 17.9 Å². The minimum atomic E-state index is -5.47. The summed E-state index contributed by atoms with van der Waals surface area (Å²) in [5, 5.41) is 11.0. The predicted molar refractivity (Wildman–Crippen MR) is 144 cm³/mol. The number of nitro groups is 1. The number of phosphoric ester groups is 1. The van der Waals surface area contributed by atoms with Gasteiger partial charge >= 0.3 is 21.8 Å². The molecule has 21 nitrogen and oxygen atoms in total. The number of nitrogens with one attached hydrogen (secondary N) is 1. The molecule has 1 aliphatic rings. The summed E-state index contributed by atoms with van der Waals surface area (Å²) in [6, 6.07) is 5.17. The van der Waals surface area contributed by atoms with Crippen molar-refractivity contribution in [2.24, 2.45) is 0 Å². The third kappa shape index (κ3) is 7.46. The van der Waals surface area contributed by atoms with Gasteiger partial charge in [0.25, 0.3) is 11.2 Å². The van der Waals surface area contributed by atoms with Gasteiger partial charge in [0.15, 0.2) is 23.5 Å². The average molecular weight is 664 g/mol. The third-order valence-electron chi connectivity index (χ3n) is 6.24. The van der Waals surface area contributed by atoms with Gasteiger partial charge in [-0.1, -0.05) is 0 Å². The van der Waals surface area contributed by atoms with Gasteiger partial charge < -0.3 is 39.4 Å². The third-order valence-corrected chi connectivity index (χ3v) is 8.39. The number of anilines is 1. The van der Waals surface area contributed by atoms with Crippen LogP contribution >= 0.6 is 15.6 Å². The van der Waals surface area contributed by atoms with Crippen molar-refractivity contribution in [3.05, 3.63) is 56.6 Å². The van der Waals surface area contributed by atoms with E-state index < -0.39 is 69.0 Å². The molecule has 23 heteroatoms. The first-order valence-corrected chi connectivity index (χ1v) is 15.2. The first-order chi connectivity index (χ1) is 20.4. The summed E-state index contributed by atoms with van der Waals surface area (Å²) in [5.41, 5.74) is 3.54. The number of imidazole rings is 1. The monoisotopic (exact) mass is 664 g/mol. The fourth-order valence-corrected chi connectivity index (χ4v) is 5.90. The van der Waals surface area contributed by atoms with E-state index in [1.54, 1.807) is 0 Å². The second-order valence-corrected chi connectivity index (χ2v) is 12.5. The van der Waals surface area contributed by atoms with Crippen LogP contribution in [0.3, 0.4) is 0 Å². The topological polar surface area (TPSA) is 300 Å². The second kappa shape index (κ2) is 12.3. The summed E-state index contributed by atoms with van der Waals surface area (Å²) in [6.45, 7) is 2.01. The zero-order chi connectivity index (χ0) is 32.6. The Morgan fingerprint density at radius 1 is 1.23 bits per heavy atom. The van der Waals surface area contributed by atoms with Crippen LogP contribution in [-0.2, 0) is 42.5 Å². The summed E-state index contributed by atoms with van der Waals surface area (Å²) in [7, 11) is -9.63. The molecule has 44 heavy (non-hydrogen) atoms. The summed E-state index contributed by atoms with van der Waals surface area (Å²) in [6.07, 6.45) is -5.71.